The van der Waals surface area contributed by atoms with Crippen molar-refractivity contribution in [1.29, 1.82) is 0 Å². The van der Waals surface area contributed by atoms with Gasteiger partial charge in [0.2, 0.25) is 0 Å². The number of alkyl halides is 2. The Labute approximate surface area is 64.7 Å². The summed E-state index contributed by atoms with van der Waals surface area (Å²) in [5.41, 5.74) is 5.58. The van der Waals surface area contributed by atoms with Gasteiger partial charge in [0.25, 0.3) is 0 Å². The van der Waals surface area contributed by atoms with E-state index in [1.165, 1.54) is 0 Å². The lowest BCUT2D eigenvalue weighted by Gasteiger charge is -2.25. The van der Waals surface area contributed by atoms with Crippen LogP contribution in [0.15, 0.2) is 0 Å². The molecule has 1 saturated carbocycles. The lowest BCUT2D eigenvalue weighted by Crippen LogP contribution is -2.33. The van der Waals surface area contributed by atoms with Crippen molar-refractivity contribution in [1.82, 2.24) is 0 Å². The van der Waals surface area contributed by atoms with Gasteiger partial charge in [-0.1, -0.05) is 0 Å². The Balaban J connectivity index is 2.23. The lowest BCUT2D eigenvalue weighted by atomic mass is 9.94. The van der Waals surface area contributed by atoms with Crippen molar-refractivity contribution in [3.8, 4) is 0 Å². The Morgan fingerprint density at radius 3 is 2.64 bits per heavy atom. The van der Waals surface area contributed by atoms with Crippen LogP contribution in [-0.2, 0) is 4.74 Å². The summed E-state index contributed by atoms with van der Waals surface area (Å²) < 4.78 is 27.7. The highest BCUT2D eigenvalue weighted by molar-refractivity contribution is 4.75. The fourth-order valence-corrected chi connectivity index (χ4v) is 1.45. The Morgan fingerprint density at radius 1 is 1.36 bits per heavy atom. The number of ether oxygens (including phenoxy) is 1. The van der Waals surface area contributed by atoms with Crippen LogP contribution in [0.25, 0.3) is 0 Å². The minimum Gasteiger partial charge on any atom is -0.328 e. The van der Waals surface area contributed by atoms with E-state index >= 15 is 0 Å². The van der Waals surface area contributed by atoms with Crippen LogP contribution < -0.4 is 5.73 Å². The number of hydrogen-bond donors (Lipinski definition) is 1. The van der Waals surface area contributed by atoms with E-state index in [0.29, 0.717) is 6.42 Å². The molecular formula is C7H13F2NO. The van der Waals surface area contributed by atoms with Crippen LogP contribution in [0.4, 0.5) is 8.78 Å². The van der Waals surface area contributed by atoms with Gasteiger partial charge in [-0.2, -0.15) is 8.78 Å². The summed E-state index contributed by atoms with van der Waals surface area (Å²) in [7, 11) is 0. The van der Waals surface area contributed by atoms with Gasteiger partial charge in [0.15, 0.2) is 0 Å². The van der Waals surface area contributed by atoms with Crippen LogP contribution >= 0.6 is 0 Å². The second-order valence-electron chi connectivity index (χ2n) is 2.95. The minimum absolute atomic E-state index is 0.0486. The Morgan fingerprint density at radius 2 is 2.09 bits per heavy atom. The molecule has 0 unspecified atom stereocenters. The van der Waals surface area contributed by atoms with Gasteiger partial charge in [0.1, 0.15) is 0 Å². The highest BCUT2D eigenvalue weighted by atomic mass is 19.3. The van der Waals surface area contributed by atoms with Gasteiger partial charge in [-0.05, 0) is 25.7 Å². The first-order valence-corrected chi connectivity index (χ1v) is 3.87. The van der Waals surface area contributed by atoms with Crippen LogP contribution in [0.3, 0.4) is 0 Å². The van der Waals surface area contributed by atoms with E-state index in [0.717, 1.165) is 19.3 Å². The van der Waals surface area contributed by atoms with E-state index in [4.69, 9.17) is 5.73 Å². The number of rotatable bonds is 2. The highest BCUT2D eigenvalue weighted by Gasteiger charge is 2.22. The summed E-state index contributed by atoms with van der Waals surface area (Å²) >= 11 is 0. The van der Waals surface area contributed by atoms with Crippen molar-refractivity contribution < 1.29 is 13.5 Å². The van der Waals surface area contributed by atoms with Crippen molar-refractivity contribution in [2.45, 2.75) is 44.4 Å². The third-order valence-corrected chi connectivity index (χ3v) is 1.96. The Kier molecular flexibility index (Phi) is 3.20. The molecule has 4 heteroatoms. The van der Waals surface area contributed by atoms with Crippen LogP contribution in [0.2, 0.25) is 0 Å². The maximum atomic E-state index is 11.7. The number of nitrogens with two attached hydrogens (primary N) is 1. The minimum atomic E-state index is -2.65. The SMILES string of the molecule is N[C@@H]1CCC[C@@H](OC(F)F)C1. The topological polar surface area (TPSA) is 35.2 Å². The van der Waals surface area contributed by atoms with Gasteiger partial charge in [-0.15, -0.1) is 0 Å². The van der Waals surface area contributed by atoms with E-state index in [-0.39, 0.29) is 12.1 Å². The molecule has 2 nitrogen and oxygen atoms in total. The first-order chi connectivity index (χ1) is 5.18. The number of hydrogen-bond acceptors (Lipinski definition) is 2. The first kappa shape index (κ1) is 8.87. The summed E-state index contributed by atoms with van der Waals surface area (Å²) in [5.74, 6) is 0. The predicted octanol–water partition coefficient (Wildman–Crippen LogP) is 1.50. The zero-order valence-electron chi connectivity index (χ0n) is 6.30. The fraction of sp³-hybridized carbons (Fsp3) is 1.00. The second-order valence-corrected chi connectivity index (χ2v) is 2.95. The zero-order chi connectivity index (χ0) is 8.27. The average molecular weight is 165 g/mol. The molecule has 0 amide bonds. The molecule has 0 heterocycles. The summed E-state index contributed by atoms with van der Waals surface area (Å²) in [4.78, 5) is 0. The Hall–Kier alpha value is -0.220. The molecule has 1 aliphatic carbocycles. The maximum Gasteiger partial charge on any atom is 0.345 e. The largest absolute Gasteiger partial charge is 0.345 e. The third kappa shape index (κ3) is 3.12. The molecule has 1 rings (SSSR count). The zero-order valence-corrected chi connectivity index (χ0v) is 6.30. The molecule has 0 spiro atoms. The van der Waals surface area contributed by atoms with E-state index in [1.807, 2.05) is 0 Å². The molecule has 11 heavy (non-hydrogen) atoms. The third-order valence-electron chi connectivity index (χ3n) is 1.96. The van der Waals surface area contributed by atoms with Gasteiger partial charge in [-0.25, -0.2) is 0 Å². The van der Waals surface area contributed by atoms with Crippen LogP contribution in [0.5, 0.6) is 0 Å². The predicted molar refractivity (Wildman–Crippen MR) is 37.3 cm³/mol. The van der Waals surface area contributed by atoms with Gasteiger partial charge in [0.05, 0.1) is 6.10 Å². The molecule has 0 aliphatic heterocycles. The van der Waals surface area contributed by atoms with Crippen molar-refractivity contribution in [3.63, 3.8) is 0 Å². The smallest absolute Gasteiger partial charge is 0.328 e. The first-order valence-electron chi connectivity index (χ1n) is 3.87. The van der Waals surface area contributed by atoms with Crippen LogP contribution in [0.1, 0.15) is 25.7 Å². The van der Waals surface area contributed by atoms with Gasteiger partial charge < -0.3 is 10.5 Å². The van der Waals surface area contributed by atoms with Crippen molar-refractivity contribution in [3.05, 3.63) is 0 Å². The molecule has 66 valence electrons. The van der Waals surface area contributed by atoms with Crippen molar-refractivity contribution >= 4 is 0 Å². The molecule has 0 bridgehead atoms. The van der Waals surface area contributed by atoms with E-state index in [1.54, 1.807) is 0 Å². The molecular weight excluding hydrogens is 152 g/mol. The summed E-state index contributed by atoms with van der Waals surface area (Å²) in [6, 6.07) is 0.0486. The van der Waals surface area contributed by atoms with E-state index in [9.17, 15) is 8.78 Å². The normalized spacial score (nSPS) is 32.7. The molecule has 2 N–H and O–H groups in total. The maximum absolute atomic E-state index is 11.7. The molecule has 0 aromatic rings. The molecule has 1 fully saturated rings. The monoisotopic (exact) mass is 165 g/mol. The van der Waals surface area contributed by atoms with Gasteiger partial charge >= 0.3 is 6.61 Å². The lowest BCUT2D eigenvalue weighted by molar-refractivity contribution is -0.170. The summed E-state index contributed by atoms with van der Waals surface area (Å²) in [6.07, 6.45) is 2.81. The van der Waals surface area contributed by atoms with Crippen LogP contribution in [0, 0.1) is 0 Å². The van der Waals surface area contributed by atoms with E-state index in [2.05, 4.69) is 4.74 Å². The Bertz CT molecular complexity index is 119. The van der Waals surface area contributed by atoms with Crippen LogP contribution in [-0.4, -0.2) is 18.8 Å². The second kappa shape index (κ2) is 3.97. The molecule has 0 radical (unpaired) electrons. The molecule has 1 aliphatic rings. The molecule has 2 atom stereocenters. The number of halogens is 2. The average Bonchev–Trinajstić information content (AvgIpc) is 1.85. The van der Waals surface area contributed by atoms with Gasteiger partial charge in [0, 0.05) is 6.04 Å². The fourth-order valence-electron chi connectivity index (χ4n) is 1.45. The quantitative estimate of drug-likeness (QED) is 0.672. The highest BCUT2D eigenvalue weighted by Crippen LogP contribution is 2.21. The standard InChI is InChI=1S/C7H13F2NO/c8-7(9)11-6-3-1-2-5(10)4-6/h5-7H,1-4,10H2/t5-,6-/m1/s1. The van der Waals surface area contributed by atoms with Gasteiger partial charge in [-0.3, -0.25) is 0 Å². The van der Waals surface area contributed by atoms with Crippen molar-refractivity contribution in [2.75, 3.05) is 0 Å². The summed E-state index contributed by atoms with van der Waals surface area (Å²) in [5, 5.41) is 0. The van der Waals surface area contributed by atoms with E-state index < -0.39 is 6.61 Å². The molecule has 0 aromatic heterocycles. The summed E-state index contributed by atoms with van der Waals surface area (Å²) in [6.45, 7) is -2.65. The molecule has 0 aromatic carbocycles. The molecule has 0 saturated heterocycles. The van der Waals surface area contributed by atoms with Crippen molar-refractivity contribution in [2.24, 2.45) is 5.73 Å².